The average molecular weight is 494 g/mol. The van der Waals surface area contributed by atoms with E-state index in [9.17, 15) is 13.2 Å². The molecule has 4 nitrogen and oxygen atoms in total. The number of halogens is 5. The Bertz CT molecular complexity index is 951. The molecule has 0 bridgehead atoms. The van der Waals surface area contributed by atoms with Crippen LogP contribution in [0.3, 0.4) is 0 Å². The number of nitrogens with two attached hydrogens (primary N) is 1. The second-order valence-electron chi connectivity index (χ2n) is 6.19. The van der Waals surface area contributed by atoms with E-state index in [2.05, 4.69) is 26.3 Å². The van der Waals surface area contributed by atoms with Crippen molar-refractivity contribution < 1.29 is 13.2 Å². The third kappa shape index (κ3) is 4.53. The highest BCUT2D eigenvalue weighted by Gasteiger charge is 2.33. The zero-order valence-corrected chi connectivity index (χ0v) is 17.9. The maximum atomic E-state index is 13.2. The first-order valence-electron chi connectivity index (χ1n) is 8.29. The molecule has 2 heterocycles. The molecule has 3 aromatic rings. The summed E-state index contributed by atoms with van der Waals surface area (Å²) in [7, 11) is 1.79. The van der Waals surface area contributed by atoms with E-state index in [0.717, 1.165) is 26.1 Å². The summed E-state index contributed by atoms with van der Waals surface area (Å²) < 4.78 is 42.2. The summed E-state index contributed by atoms with van der Waals surface area (Å²) >= 11 is 11.2. The third-order valence-electron chi connectivity index (χ3n) is 4.22. The molecule has 1 atom stereocenters. The molecule has 28 heavy (non-hydrogen) atoms. The summed E-state index contributed by atoms with van der Waals surface area (Å²) in [5.41, 5.74) is 6.17. The first-order valence-corrected chi connectivity index (χ1v) is 10.3. The summed E-state index contributed by atoms with van der Waals surface area (Å²) in [6.45, 7) is 0.184. The second-order valence-corrected chi connectivity index (χ2v) is 8.50. The summed E-state index contributed by atoms with van der Waals surface area (Å²) in [6.07, 6.45) is -2.68. The molecular formula is C18H17BrClF3N4S. The van der Waals surface area contributed by atoms with Gasteiger partial charge in [0, 0.05) is 24.1 Å². The number of aromatic nitrogens is 2. The smallest absolute Gasteiger partial charge is 0.373 e. The molecule has 3 N–H and O–H groups in total. The molecule has 0 amide bonds. The Labute approximate surface area is 177 Å². The van der Waals surface area contributed by atoms with Gasteiger partial charge in [-0.2, -0.15) is 18.3 Å². The van der Waals surface area contributed by atoms with Crippen LogP contribution in [-0.2, 0) is 19.6 Å². The molecule has 0 radical (unpaired) electrons. The van der Waals surface area contributed by atoms with Crippen molar-refractivity contribution in [2.75, 3.05) is 11.9 Å². The first-order chi connectivity index (χ1) is 13.2. The maximum Gasteiger partial charge on any atom is 0.416 e. The number of rotatable bonds is 6. The Hall–Kier alpha value is -1.55. The van der Waals surface area contributed by atoms with Crippen LogP contribution in [0.5, 0.6) is 0 Å². The number of aryl methyl sites for hydroxylation is 1. The van der Waals surface area contributed by atoms with Crippen LogP contribution in [0.4, 0.5) is 18.2 Å². The summed E-state index contributed by atoms with van der Waals surface area (Å²) in [5.74, 6) is 0. The predicted octanol–water partition coefficient (Wildman–Crippen LogP) is 5.57. The summed E-state index contributed by atoms with van der Waals surface area (Å²) in [6, 6.07) is 7.07. The van der Waals surface area contributed by atoms with Gasteiger partial charge < -0.3 is 11.1 Å². The number of thiophene rings is 1. The van der Waals surface area contributed by atoms with E-state index in [4.69, 9.17) is 17.3 Å². The molecule has 3 rings (SSSR count). The minimum Gasteiger partial charge on any atom is -0.373 e. The Morgan fingerprint density at radius 1 is 1.36 bits per heavy atom. The van der Waals surface area contributed by atoms with Gasteiger partial charge in [0.1, 0.15) is 0 Å². The lowest BCUT2D eigenvalue weighted by Crippen LogP contribution is -2.31. The summed E-state index contributed by atoms with van der Waals surface area (Å²) in [4.78, 5) is 0.874. The van der Waals surface area contributed by atoms with Crippen molar-refractivity contribution in [3.8, 4) is 10.6 Å². The monoisotopic (exact) mass is 492 g/mol. The van der Waals surface area contributed by atoms with Crippen LogP contribution in [0.2, 0.25) is 5.02 Å². The zero-order chi connectivity index (χ0) is 20.5. The third-order valence-corrected chi connectivity index (χ3v) is 6.45. The van der Waals surface area contributed by atoms with Gasteiger partial charge in [-0.25, -0.2) is 0 Å². The fourth-order valence-electron chi connectivity index (χ4n) is 2.90. The van der Waals surface area contributed by atoms with Gasteiger partial charge in [-0.05, 0) is 40.0 Å². The molecule has 0 unspecified atom stereocenters. The van der Waals surface area contributed by atoms with Crippen LogP contribution in [0.1, 0.15) is 11.1 Å². The molecule has 2 aromatic heterocycles. The van der Waals surface area contributed by atoms with E-state index < -0.39 is 11.7 Å². The van der Waals surface area contributed by atoms with Gasteiger partial charge in [0.2, 0.25) is 0 Å². The van der Waals surface area contributed by atoms with Gasteiger partial charge in [0.25, 0.3) is 0 Å². The van der Waals surface area contributed by atoms with E-state index in [1.807, 2.05) is 6.07 Å². The van der Waals surface area contributed by atoms with Crippen molar-refractivity contribution in [2.24, 2.45) is 12.8 Å². The van der Waals surface area contributed by atoms with Gasteiger partial charge in [-0.1, -0.05) is 29.8 Å². The number of anilines is 1. The van der Waals surface area contributed by atoms with Crippen molar-refractivity contribution in [1.29, 1.82) is 0 Å². The quantitative estimate of drug-likeness (QED) is 0.472. The van der Waals surface area contributed by atoms with Crippen LogP contribution in [0, 0.1) is 0 Å². The lowest BCUT2D eigenvalue weighted by atomic mass is 10.00. The topological polar surface area (TPSA) is 55.9 Å². The van der Waals surface area contributed by atoms with Gasteiger partial charge in [-0.15, -0.1) is 11.3 Å². The molecule has 0 fully saturated rings. The molecule has 0 saturated heterocycles. The number of hydrogen-bond acceptors (Lipinski definition) is 4. The number of hydrogen-bond donors (Lipinski definition) is 2. The van der Waals surface area contributed by atoms with Gasteiger partial charge >= 0.3 is 6.18 Å². The lowest BCUT2D eigenvalue weighted by Gasteiger charge is -2.19. The van der Waals surface area contributed by atoms with Crippen molar-refractivity contribution in [1.82, 2.24) is 9.78 Å². The molecule has 0 spiro atoms. The Morgan fingerprint density at radius 3 is 2.68 bits per heavy atom. The lowest BCUT2D eigenvalue weighted by molar-refractivity contribution is -0.138. The number of nitrogens with zero attached hydrogens (tertiary/aromatic N) is 2. The standard InChI is InChI=1S/C18H17BrClF3N4S/c1-27-16(14(20)9-25-27)17-13(19)7-15(28-17)26-11(8-24)6-10-4-2-3-5-12(10)18(21,22)23/h2-5,7,9,11,26H,6,8,24H2,1H3/t11-/m0/s1. The Morgan fingerprint density at radius 2 is 2.07 bits per heavy atom. The SMILES string of the molecule is Cn1ncc(Cl)c1-c1sc(N[C@H](CN)Cc2ccccc2C(F)(F)F)cc1Br. The molecule has 150 valence electrons. The molecule has 0 aliphatic rings. The fraction of sp³-hybridized carbons (Fsp3) is 0.278. The van der Waals surface area contributed by atoms with Crippen LogP contribution in [-0.4, -0.2) is 22.4 Å². The second kappa shape index (κ2) is 8.44. The van der Waals surface area contributed by atoms with Crippen LogP contribution >= 0.6 is 38.9 Å². The first kappa shape index (κ1) is 21.2. The van der Waals surface area contributed by atoms with E-state index in [-0.39, 0.29) is 24.6 Å². The highest BCUT2D eigenvalue weighted by molar-refractivity contribution is 9.10. The molecule has 10 heteroatoms. The highest BCUT2D eigenvalue weighted by atomic mass is 79.9. The largest absolute Gasteiger partial charge is 0.416 e. The number of alkyl halides is 3. The van der Waals surface area contributed by atoms with E-state index >= 15 is 0 Å². The molecule has 1 aromatic carbocycles. The van der Waals surface area contributed by atoms with Crippen molar-refractivity contribution in [3.63, 3.8) is 0 Å². The van der Waals surface area contributed by atoms with Gasteiger partial charge in [0.05, 0.1) is 32.4 Å². The Kier molecular flexibility index (Phi) is 6.38. The molecular weight excluding hydrogens is 477 g/mol. The predicted molar refractivity (Wildman–Crippen MR) is 111 cm³/mol. The zero-order valence-electron chi connectivity index (χ0n) is 14.7. The van der Waals surface area contributed by atoms with Crippen molar-refractivity contribution >= 4 is 43.9 Å². The van der Waals surface area contributed by atoms with Gasteiger partial charge in [-0.3, -0.25) is 4.68 Å². The van der Waals surface area contributed by atoms with Crippen LogP contribution in [0.15, 0.2) is 41.0 Å². The minimum atomic E-state index is -4.40. The average Bonchev–Trinajstić information content (AvgIpc) is 3.15. The molecule has 0 aliphatic heterocycles. The molecule has 0 aliphatic carbocycles. The van der Waals surface area contributed by atoms with Crippen molar-refractivity contribution in [2.45, 2.75) is 18.6 Å². The van der Waals surface area contributed by atoms with E-state index in [1.54, 1.807) is 24.0 Å². The number of nitrogens with one attached hydrogen (secondary N) is 1. The molecule has 0 saturated carbocycles. The van der Waals surface area contributed by atoms with Crippen LogP contribution < -0.4 is 11.1 Å². The van der Waals surface area contributed by atoms with E-state index in [1.165, 1.54) is 23.5 Å². The summed E-state index contributed by atoms with van der Waals surface area (Å²) in [5, 5.41) is 8.67. The minimum absolute atomic E-state index is 0.156. The van der Waals surface area contributed by atoms with Gasteiger partial charge in [0.15, 0.2) is 0 Å². The van der Waals surface area contributed by atoms with Crippen LogP contribution in [0.25, 0.3) is 10.6 Å². The Balaban J connectivity index is 1.83. The maximum absolute atomic E-state index is 13.2. The normalized spacial score (nSPS) is 13.0. The number of benzene rings is 1. The fourth-order valence-corrected chi connectivity index (χ4v) is 5.15. The van der Waals surface area contributed by atoms with E-state index in [0.29, 0.717) is 5.02 Å². The highest BCUT2D eigenvalue weighted by Crippen LogP contribution is 2.42. The van der Waals surface area contributed by atoms with Crippen molar-refractivity contribution in [3.05, 3.63) is 57.2 Å².